The molecule has 0 aromatic heterocycles. The Morgan fingerprint density at radius 3 is 2.26 bits per heavy atom. The Hall–Kier alpha value is -3.84. The summed E-state index contributed by atoms with van der Waals surface area (Å²) in [5, 5.41) is 20.3. The number of benzene rings is 3. The Balaban J connectivity index is 1.81. The first-order valence-corrected chi connectivity index (χ1v) is 8.36. The van der Waals surface area contributed by atoms with Crippen molar-refractivity contribution in [2.75, 3.05) is 0 Å². The van der Waals surface area contributed by atoms with E-state index >= 15 is 0 Å². The minimum Gasteiger partial charge on any atom is -0.545 e. The summed E-state index contributed by atoms with van der Waals surface area (Å²) in [6.45, 7) is 0.283. The van der Waals surface area contributed by atoms with Crippen LogP contribution in [-0.4, -0.2) is 5.97 Å². The molecule has 0 spiro atoms. The van der Waals surface area contributed by atoms with Crippen molar-refractivity contribution in [3.8, 4) is 11.8 Å². The summed E-state index contributed by atoms with van der Waals surface area (Å²) in [5.41, 5.74) is 3.15. The van der Waals surface area contributed by atoms with Crippen molar-refractivity contribution in [2.24, 2.45) is 0 Å². The van der Waals surface area contributed by atoms with Crippen molar-refractivity contribution in [1.82, 2.24) is 0 Å². The Kier molecular flexibility index (Phi) is 5.66. The SMILES string of the molecule is N#C/C(=C\c1ccccc1OCc1ccc(C(=O)[O-])cc1)c1ccccc1. The highest BCUT2D eigenvalue weighted by Crippen LogP contribution is 2.25. The lowest BCUT2D eigenvalue weighted by molar-refractivity contribution is -0.255. The molecular weight excluding hydrogens is 338 g/mol. The fourth-order valence-corrected chi connectivity index (χ4v) is 2.58. The molecule has 3 aromatic rings. The molecule has 0 amide bonds. The van der Waals surface area contributed by atoms with E-state index in [1.165, 1.54) is 12.1 Å². The van der Waals surface area contributed by atoms with E-state index in [1.54, 1.807) is 18.2 Å². The van der Waals surface area contributed by atoms with E-state index < -0.39 is 5.97 Å². The Morgan fingerprint density at radius 2 is 1.59 bits per heavy atom. The maximum absolute atomic E-state index is 10.8. The van der Waals surface area contributed by atoms with Gasteiger partial charge in [0.25, 0.3) is 0 Å². The summed E-state index contributed by atoms with van der Waals surface area (Å²) in [5.74, 6) is -0.562. The number of nitrogens with zero attached hydrogens (tertiary/aromatic N) is 1. The normalized spacial score (nSPS) is 10.9. The monoisotopic (exact) mass is 354 g/mol. The van der Waals surface area contributed by atoms with Gasteiger partial charge in [-0.25, -0.2) is 0 Å². The molecule has 4 heteroatoms. The molecule has 0 fully saturated rings. The first-order chi connectivity index (χ1) is 13.2. The molecule has 0 aliphatic rings. The number of rotatable bonds is 6. The summed E-state index contributed by atoms with van der Waals surface area (Å²) in [6.07, 6.45) is 1.80. The minimum absolute atomic E-state index is 0.128. The van der Waals surface area contributed by atoms with E-state index in [0.717, 1.165) is 16.7 Å². The first-order valence-electron chi connectivity index (χ1n) is 8.36. The van der Waals surface area contributed by atoms with E-state index in [1.807, 2.05) is 54.6 Å². The van der Waals surface area contributed by atoms with Crippen molar-refractivity contribution in [3.05, 3.63) is 101 Å². The van der Waals surface area contributed by atoms with Gasteiger partial charge in [-0.1, -0.05) is 72.8 Å². The number of allylic oxidation sites excluding steroid dienone is 1. The van der Waals surface area contributed by atoms with Gasteiger partial charge in [-0.15, -0.1) is 0 Å². The number of carboxylic acid groups (broad SMARTS) is 1. The Morgan fingerprint density at radius 1 is 0.926 bits per heavy atom. The molecule has 0 aliphatic heterocycles. The van der Waals surface area contributed by atoms with Crippen LogP contribution in [0.5, 0.6) is 5.75 Å². The lowest BCUT2D eigenvalue weighted by Crippen LogP contribution is -2.22. The largest absolute Gasteiger partial charge is 0.545 e. The van der Waals surface area contributed by atoms with Crippen molar-refractivity contribution < 1.29 is 14.6 Å². The highest BCUT2D eigenvalue weighted by Gasteiger charge is 2.05. The number of carbonyl (C=O) groups excluding carboxylic acids is 1. The summed E-state index contributed by atoms with van der Waals surface area (Å²) in [4.78, 5) is 10.8. The van der Waals surface area contributed by atoms with Crippen LogP contribution >= 0.6 is 0 Å². The van der Waals surface area contributed by atoms with Crippen LogP contribution in [0.1, 0.15) is 27.0 Å². The number of hydrogen-bond acceptors (Lipinski definition) is 4. The van der Waals surface area contributed by atoms with Gasteiger partial charge in [0.15, 0.2) is 0 Å². The molecule has 0 atom stereocenters. The van der Waals surface area contributed by atoms with Crippen LogP contribution in [0.3, 0.4) is 0 Å². The molecular formula is C23H16NO3-. The molecule has 0 aliphatic carbocycles. The number of carboxylic acids is 1. The van der Waals surface area contributed by atoms with Gasteiger partial charge in [0.2, 0.25) is 0 Å². The number of nitriles is 1. The Bertz CT molecular complexity index is 1000. The summed E-state index contributed by atoms with van der Waals surface area (Å²) in [6, 6.07) is 25.5. The molecule has 0 saturated heterocycles. The zero-order valence-electron chi connectivity index (χ0n) is 14.5. The van der Waals surface area contributed by atoms with Gasteiger partial charge in [-0.3, -0.25) is 0 Å². The highest BCUT2D eigenvalue weighted by atomic mass is 16.5. The van der Waals surface area contributed by atoms with Gasteiger partial charge in [0, 0.05) is 5.56 Å². The number of aromatic carboxylic acids is 1. The standard InChI is InChI=1S/C23H17NO3/c24-15-21(18-6-2-1-3-7-18)14-20-8-4-5-9-22(20)27-16-17-10-12-19(13-11-17)23(25)26/h1-14H,16H2,(H,25,26)/p-1/b21-14+. The molecule has 0 bridgehead atoms. The van der Waals surface area contributed by atoms with Crippen molar-refractivity contribution in [3.63, 3.8) is 0 Å². The van der Waals surface area contributed by atoms with Crippen LogP contribution in [0.25, 0.3) is 11.6 Å². The van der Waals surface area contributed by atoms with Crippen molar-refractivity contribution in [2.45, 2.75) is 6.61 Å². The van der Waals surface area contributed by atoms with Gasteiger partial charge in [0.1, 0.15) is 12.4 Å². The van der Waals surface area contributed by atoms with Gasteiger partial charge >= 0.3 is 0 Å². The second-order valence-corrected chi connectivity index (χ2v) is 5.85. The fraction of sp³-hybridized carbons (Fsp3) is 0.0435. The Labute approximate surface area is 157 Å². The average Bonchev–Trinajstić information content (AvgIpc) is 2.72. The second-order valence-electron chi connectivity index (χ2n) is 5.85. The van der Waals surface area contributed by atoms with Crippen LogP contribution in [0.4, 0.5) is 0 Å². The lowest BCUT2D eigenvalue weighted by atomic mass is 10.0. The summed E-state index contributed by atoms with van der Waals surface area (Å²) < 4.78 is 5.89. The smallest absolute Gasteiger partial charge is 0.127 e. The zero-order valence-corrected chi connectivity index (χ0v) is 14.5. The predicted octanol–water partition coefficient (Wildman–Crippen LogP) is 3.69. The van der Waals surface area contributed by atoms with E-state index in [2.05, 4.69) is 6.07 Å². The number of para-hydroxylation sites is 1. The molecule has 3 aromatic carbocycles. The second kappa shape index (κ2) is 8.50. The van der Waals surface area contributed by atoms with Crippen LogP contribution in [-0.2, 0) is 6.61 Å². The summed E-state index contributed by atoms with van der Waals surface area (Å²) >= 11 is 0. The molecule has 0 N–H and O–H groups in total. The van der Waals surface area contributed by atoms with Gasteiger partial charge in [0.05, 0.1) is 17.6 Å². The quantitative estimate of drug-likeness (QED) is 0.500. The summed E-state index contributed by atoms with van der Waals surface area (Å²) in [7, 11) is 0. The maximum atomic E-state index is 10.8. The molecule has 4 nitrogen and oxygen atoms in total. The van der Waals surface area contributed by atoms with Gasteiger partial charge < -0.3 is 14.6 Å². The van der Waals surface area contributed by atoms with Crippen LogP contribution in [0.15, 0.2) is 78.9 Å². The lowest BCUT2D eigenvalue weighted by Gasteiger charge is -2.10. The van der Waals surface area contributed by atoms with Gasteiger partial charge in [-0.05, 0) is 28.8 Å². The van der Waals surface area contributed by atoms with Crippen molar-refractivity contribution >= 4 is 17.6 Å². The molecule has 3 rings (SSSR count). The highest BCUT2D eigenvalue weighted by molar-refractivity contribution is 5.90. The third kappa shape index (κ3) is 4.62. The van der Waals surface area contributed by atoms with Gasteiger partial charge in [-0.2, -0.15) is 5.26 Å². The third-order valence-corrected chi connectivity index (χ3v) is 4.01. The van der Waals surface area contributed by atoms with E-state index in [-0.39, 0.29) is 12.2 Å². The van der Waals surface area contributed by atoms with E-state index in [4.69, 9.17) is 4.74 Å². The van der Waals surface area contributed by atoms with E-state index in [0.29, 0.717) is 11.3 Å². The first kappa shape index (κ1) is 18.0. The third-order valence-electron chi connectivity index (χ3n) is 4.01. The molecule has 0 unspecified atom stereocenters. The fourth-order valence-electron chi connectivity index (χ4n) is 2.58. The van der Waals surface area contributed by atoms with E-state index in [9.17, 15) is 15.2 Å². The van der Waals surface area contributed by atoms with Crippen LogP contribution in [0.2, 0.25) is 0 Å². The van der Waals surface area contributed by atoms with Crippen LogP contribution < -0.4 is 9.84 Å². The zero-order chi connectivity index (χ0) is 19.1. The van der Waals surface area contributed by atoms with Crippen molar-refractivity contribution in [1.29, 1.82) is 5.26 Å². The average molecular weight is 354 g/mol. The molecule has 0 radical (unpaired) electrons. The number of hydrogen-bond donors (Lipinski definition) is 0. The maximum Gasteiger partial charge on any atom is 0.127 e. The molecule has 0 saturated carbocycles. The van der Waals surface area contributed by atoms with Crippen LogP contribution in [0, 0.1) is 11.3 Å². The minimum atomic E-state index is -1.21. The molecule has 0 heterocycles. The number of ether oxygens (including phenoxy) is 1. The number of carbonyl (C=O) groups is 1. The predicted molar refractivity (Wildman–Crippen MR) is 101 cm³/mol. The topological polar surface area (TPSA) is 73.1 Å². The molecule has 27 heavy (non-hydrogen) atoms. The molecule has 132 valence electrons.